The Balaban J connectivity index is 5.93. The van der Waals surface area contributed by atoms with E-state index in [2.05, 4.69) is 0 Å². The molecule has 0 aliphatic carbocycles. The molecule has 0 atom stereocenters. The molecule has 1 aromatic rings. The molecule has 0 aromatic heterocycles. The Hall–Kier alpha value is -1.50. The largest absolute Gasteiger partial charge is 0.372 e. The van der Waals surface area contributed by atoms with Gasteiger partial charge in [0.2, 0.25) is 0 Å². The second-order valence-corrected chi connectivity index (χ2v) is 18.6. The zero-order chi connectivity index (χ0) is 32.0. The summed E-state index contributed by atoms with van der Waals surface area (Å²) < 4.78 is 260. The van der Waals surface area contributed by atoms with Crippen molar-refractivity contribution >= 4 is 80.9 Å². The lowest BCUT2D eigenvalue weighted by molar-refractivity contribution is 0.413. The first kappa shape index (κ1) is 35.5. The minimum atomic E-state index is -7.83. The van der Waals surface area contributed by atoms with Gasteiger partial charge in [-0.15, -0.1) is 0 Å². The second-order valence-electron chi connectivity index (χ2n) is 6.38. The molecule has 0 aliphatic rings. The van der Waals surface area contributed by atoms with Crippen molar-refractivity contribution in [2.24, 2.45) is 0 Å². The van der Waals surface area contributed by atoms with Crippen LogP contribution in [0.25, 0.3) is 0 Å². The molecule has 1 rings (SSSR count). The quantitative estimate of drug-likeness (QED) is 0.111. The fraction of sp³-hybridized carbons (Fsp3) is 0.143. The third-order valence-corrected chi connectivity index (χ3v) is 15.5. The van der Waals surface area contributed by atoms with Crippen molar-refractivity contribution < 1.29 is 104 Å². The Labute approximate surface area is 217 Å². The molecular formula is C7H8O24S8. The number of benzene rings is 1. The van der Waals surface area contributed by atoms with Crippen LogP contribution in [0.5, 0.6) is 0 Å². The van der Waals surface area contributed by atoms with E-state index in [1.165, 1.54) is 0 Å². The van der Waals surface area contributed by atoms with E-state index in [1.54, 1.807) is 0 Å². The zero-order valence-electron chi connectivity index (χ0n) is 16.9. The molecule has 0 bridgehead atoms. The van der Waals surface area contributed by atoms with Crippen molar-refractivity contribution in [3.63, 3.8) is 0 Å². The molecule has 0 aliphatic heterocycles. The summed E-state index contributed by atoms with van der Waals surface area (Å²) in [4.78, 5) is -18.2. The Morgan fingerprint density at radius 2 is 0.462 bits per heavy atom. The van der Waals surface area contributed by atoms with Gasteiger partial charge in [-0.25, -0.2) is 0 Å². The van der Waals surface area contributed by atoms with Gasteiger partial charge in [0.1, 0.15) is 24.5 Å². The van der Waals surface area contributed by atoms with Crippen LogP contribution in [0.15, 0.2) is 24.5 Å². The first-order valence-corrected chi connectivity index (χ1v) is 19.0. The Morgan fingerprint density at radius 3 is 0.590 bits per heavy atom. The topological polar surface area (TPSA) is 435 Å². The summed E-state index contributed by atoms with van der Waals surface area (Å²) in [6, 6.07) is 0. The van der Waals surface area contributed by atoms with Gasteiger partial charge in [-0.1, -0.05) is 0 Å². The SMILES string of the molecule is O=S(=O)(O)c1c(C(S(=O)(=O)O)(S(=O)(=O)O)S(=O)(=O)O)c(S(=O)(=O)O)c(S(=O)(=O)O)c(S(=O)(=O)O)c1S(=O)(=O)O. The van der Waals surface area contributed by atoms with Crippen molar-refractivity contribution in [3.05, 3.63) is 5.56 Å². The Morgan fingerprint density at radius 1 is 0.308 bits per heavy atom. The maximum Gasteiger partial charge on any atom is 0.372 e. The summed E-state index contributed by atoms with van der Waals surface area (Å²) in [5.41, 5.74) is -3.99. The van der Waals surface area contributed by atoms with Crippen molar-refractivity contribution in [2.75, 3.05) is 0 Å². The summed E-state index contributed by atoms with van der Waals surface area (Å²) in [6.45, 7) is 0. The minimum absolute atomic E-state index is 3.47. The van der Waals surface area contributed by atoms with Crippen LogP contribution in [0.1, 0.15) is 5.56 Å². The normalized spacial score (nSPS) is 15.3. The van der Waals surface area contributed by atoms with Gasteiger partial charge in [0.25, 0.3) is 50.6 Å². The van der Waals surface area contributed by atoms with E-state index >= 15 is 0 Å². The Bertz CT molecular complexity index is 1990. The van der Waals surface area contributed by atoms with E-state index in [9.17, 15) is 104 Å². The second kappa shape index (κ2) is 9.25. The average Bonchev–Trinajstić information content (AvgIpc) is 2.51. The molecule has 24 nitrogen and oxygen atoms in total. The first-order valence-electron chi connectivity index (χ1n) is 7.51. The summed E-state index contributed by atoms with van der Waals surface area (Å²) in [6.07, 6.45) is 0. The lowest BCUT2D eigenvalue weighted by Gasteiger charge is -2.29. The molecule has 1 aromatic carbocycles. The van der Waals surface area contributed by atoms with Crippen LogP contribution in [-0.4, -0.2) is 104 Å². The van der Waals surface area contributed by atoms with Crippen LogP contribution in [0.2, 0.25) is 0 Å². The number of rotatable bonds is 9. The molecular weight excluding hydrogens is 725 g/mol. The Kier molecular flexibility index (Phi) is 8.43. The van der Waals surface area contributed by atoms with Crippen molar-refractivity contribution in [3.8, 4) is 0 Å². The van der Waals surface area contributed by atoms with Crippen molar-refractivity contribution in [1.82, 2.24) is 0 Å². The third kappa shape index (κ3) is 5.94. The van der Waals surface area contributed by atoms with E-state index in [4.69, 9.17) is 0 Å². The maximum absolute atomic E-state index is 12.1. The van der Waals surface area contributed by atoms with Crippen LogP contribution >= 0.6 is 0 Å². The van der Waals surface area contributed by atoms with Gasteiger partial charge in [0, 0.05) is 0 Å². The monoisotopic (exact) mass is 732 g/mol. The molecule has 0 fully saturated rings. The molecule has 0 unspecified atom stereocenters. The highest BCUT2D eigenvalue weighted by Gasteiger charge is 2.71. The van der Waals surface area contributed by atoms with E-state index in [1.807, 2.05) is 0 Å². The molecule has 0 saturated carbocycles. The summed E-state index contributed by atoms with van der Waals surface area (Å²) in [5.74, 6) is 0. The minimum Gasteiger partial charge on any atom is -0.283 e. The van der Waals surface area contributed by atoms with Crippen LogP contribution in [0, 0.1) is 0 Å². The van der Waals surface area contributed by atoms with Gasteiger partial charge in [-0.2, -0.15) is 67.3 Å². The van der Waals surface area contributed by atoms with Gasteiger partial charge >= 0.3 is 33.8 Å². The van der Waals surface area contributed by atoms with Gasteiger partial charge in [0.05, 0.1) is 5.56 Å². The van der Waals surface area contributed by atoms with E-state index in [-0.39, 0.29) is 0 Å². The molecule has 228 valence electrons. The van der Waals surface area contributed by atoms with Gasteiger partial charge < -0.3 is 0 Å². The molecule has 0 saturated heterocycles. The van der Waals surface area contributed by atoms with E-state index in [0.29, 0.717) is 0 Å². The summed E-state index contributed by atoms with van der Waals surface area (Å²) in [7, 11) is -59.5. The van der Waals surface area contributed by atoms with Crippen LogP contribution in [0.4, 0.5) is 0 Å². The highest BCUT2D eigenvalue weighted by atomic mass is 32.3. The highest BCUT2D eigenvalue weighted by Crippen LogP contribution is 2.51. The molecule has 0 radical (unpaired) electrons. The maximum atomic E-state index is 12.1. The van der Waals surface area contributed by atoms with E-state index < -0.39 is 114 Å². The fourth-order valence-electron chi connectivity index (χ4n) is 2.90. The number of hydrogen-bond donors (Lipinski definition) is 8. The van der Waals surface area contributed by atoms with Crippen LogP contribution in [-0.2, 0) is 84.4 Å². The highest BCUT2D eigenvalue weighted by molar-refractivity contribution is 8.20. The third-order valence-electron chi connectivity index (χ3n) is 3.89. The smallest absolute Gasteiger partial charge is 0.283 e. The van der Waals surface area contributed by atoms with E-state index in [0.717, 1.165) is 0 Å². The molecule has 0 spiro atoms. The lowest BCUT2D eigenvalue weighted by atomic mass is 10.2. The average molecular weight is 733 g/mol. The summed E-state index contributed by atoms with van der Waals surface area (Å²) >= 11 is 0. The molecule has 0 amide bonds. The lowest BCUT2D eigenvalue weighted by Crippen LogP contribution is -2.51. The predicted octanol–water partition coefficient (Wildman–Crippen LogP) is -4.31. The van der Waals surface area contributed by atoms with Gasteiger partial charge in [-0.05, 0) is 0 Å². The van der Waals surface area contributed by atoms with Gasteiger partial charge in [0.15, 0.2) is 0 Å². The van der Waals surface area contributed by atoms with Crippen molar-refractivity contribution in [1.29, 1.82) is 0 Å². The molecule has 32 heteroatoms. The van der Waals surface area contributed by atoms with Crippen LogP contribution in [0.3, 0.4) is 0 Å². The molecule has 8 N–H and O–H groups in total. The molecule has 39 heavy (non-hydrogen) atoms. The van der Waals surface area contributed by atoms with Crippen LogP contribution < -0.4 is 0 Å². The standard InChI is InChI=1S/C7H8O24S8/c8-32(9,10)2-1(7(37(23,24)25,38(26,27)28)39(29,30)31)3(33(11,12)13)5(35(17,18)19)6(36(20,21)22)4(2)34(14,15)16/h(H,8,9,10)(H,11,12,13)(H,14,15,16)(H,17,18,19)(H,20,21,22)(H,23,24,25)(H,26,27,28)(H,29,30,31). The summed E-state index contributed by atoms with van der Waals surface area (Å²) in [5, 5.41) is 0. The first-order chi connectivity index (χ1) is 16.5. The van der Waals surface area contributed by atoms with Crippen molar-refractivity contribution in [2.45, 2.75) is 27.9 Å². The number of hydrogen-bond acceptors (Lipinski definition) is 16. The zero-order valence-corrected chi connectivity index (χ0v) is 23.4. The van der Waals surface area contributed by atoms with Gasteiger partial charge in [-0.3, -0.25) is 36.4 Å². The fourth-order valence-corrected chi connectivity index (χ4v) is 14.4. The predicted molar refractivity (Wildman–Crippen MR) is 112 cm³/mol. The molecule has 0 heterocycles.